The third kappa shape index (κ3) is 5.28. The summed E-state index contributed by atoms with van der Waals surface area (Å²) >= 11 is 0. The van der Waals surface area contributed by atoms with Gasteiger partial charge in [0.15, 0.2) is 0 Å². The Balaban J connectivity index is 1.77. The molecule has 3 N–H and O–H groups in total. The van der Waals surface area contributed by atoms with Gasteiger partial charge in [-0.25, -0.2) is 13.1 Å². The monoisotopic (exact) mass is 340 g/mol. The molecular weight excluding hydrogens is 316 g/mol. The summed E-state index contributed by atoms with van der Waals surface area (Å²) in [6.07, 6.45) is 0.901. The molecule has 0 spiro atoms. The molecule has 0 atom stereocenters. The Bertz CT molecular complexity index is 610. The first-order valence-electron chi connectivity index (χ1n) is 7.78. The van der Waals surface area contributed by atoms with Gasteiger partial charge in [-0.15, -0.1) is 0 Å². The van der Waals surface area contributed by atoms with Crippen molar-refractivity contribution >= 4 is 15.9 Å². The average Bonchev–Trinajstić information content (AvgIpc) is 2.59. The van der Waals surface area contributed by atoms with Crippen LogP contribution in [0.1, 0.15) is 16.8 Å². The summed E-state index contributed by atoms with van der Waals surface area (Å²) in [5.41, 5.74) is 0.460. The number of amides is 1. The van der Waals surface area contributed by atoms with Crippen LogP contribution in [-0.4, -0.2) is 65.5 Å². The second-order valence-electron chi connectivity index (χ2n) is 5.43. The highest BCUT2D eigenvalue weighted by atomic mass is 32.2. The Morgan fingerprint density at radius 1 is 1.22 bits per heavy atom. The molecule has 1 fully saturated rings. The molecule has 1 aromatic rings. The van der Waals surface area contributed by atoms with Gasteiger partial charge >= 0.3 is 0 Å². The Morgan fingerprint density at radius 2 is 1.87 bits per heavy atom. The highest BCUT2D eigenvalue weighted by Gasteiger charge is 2.13. The van der Waals surface area contributed by atoms with Crippen molar-refractivity contribution < 1.29 is 13.2 Å². The minimum Gasteiger partial charge on any atom is -0.352 e. The number of sulfonamides is 1. The summed E-state index contributed by atoms with van der Waals surface area (Å²) in [7, 11) is -2.11. The summed E-state index contributed by atoms with van der Waals surface area (Å²) in [5.74, 6) is -0.182. The molecule has 0 saturated carbocycles. The average molecular weight is 340 g/mol. The molecule has 0 radical (unpaired) electrons. The number of nitrogens with zero attached hydrogens (tertiary/aromatic N) is 1. The SMILES string of the molecule is CNS(=O)(=O)c1ccc(C(=O)NCCCN2CCNCC2)cc1. The lowest BCUT2D eigenvalue weighted by molar-refractivity contribution is 0.0951. The maximum absolute atomic E-state index is 12.0. The number of carbonyl (C=O) groups excluding carboxylic acids is 1. The maximum Gasteiger partial charge on any atom is 0.251 e. The van der Waals surface area contributed by atoms with Crippen LogP contribution in [0.3, 0.4) is 0 Å². The fraction of sp³-hybridized carbons (Fsp3) is 0.533. The smallest absolute Gasteiger partial charge is 0.251 e. The fourth-order valence-corrected chi connectivity index (χ4v) is 3.17. The van der Waals surface area contributed by atoms with Gasteiger partial charge in [0.25, 0.3) is 5.91 Å². The summed E-state index contributed by atoms with van der Waals surface area (Å²) in [6.45, 7) is 5.73. The molecule has 1 aliphatic heterocycles. The van der Waals surface area contributed by atoms with Crippen molar-refractivity contribution in [3.05, 3.63) is 29.8 Å². The van der Waals surface area contributed by atoms with Gasteiger partial charge in [0.2, 0.25) is 10.0 Å². The van der Waals surface area contributed by atoms with Gasteiger partial charge in [0.05, 0.1) is 4.90 Å². The number of benzene rings is 1. The van der Waals surface area contributed by atoms with Crippen molar-refractivity contribution in [2.75, 3.05) is 46.3 Å². The van der Waals surface area contributed by atoms with Gasteiger partial charge in [-0.05, 0) is 44.3 Å². The van der Waals surface area contributed by atoms with Crippen molar-refractivity contribution in [1.82, 2.24) is 20.3 Å². The lowest BCUT2D eigenvalue weighted by Crippen LogP contribution is -2.44. The van der Waals surface area contributed by atoms with E-state index in [1.54, 1.807) is 0 Å². The van der Waals surface area contributed by atoms with E-state index in [0.29, 0.717) is 12.1 Å². The van der Waals surface area contributed by atoms with Gasteiger partial charge in [-0.2, -0.15) is 0 Å². The first-order valence-corrected chi connectivity index (χ1v) is 9.26. The lowest BCUT2D eigenvalue weighted by Gasteiger charge is -2.27. The zero-order chi connectivity index (χ0) is 16.7. The first-order chi connectivity index (χ1) is 11.0. The van der Waals surface area contributed by atoms with Crippen LogP contribution in [0.5, 0.6) is 0 Å². The van der Waals surface area contributed by atoms with Crippen LogP contribution >= 0.6 is 0 Å². The molecule has 0 aromatic heterocycles. The Morgan fingerprint density at radius 3 is 2.48 bits per heavy atom. The van der Waals surface area contributed by atoms with Gasteiger partial charge < -0.3 is 15.5 Å². The van der Waals surface area contributed by atoms with E-state index in [-0.39, 0.29) is 10.8 Å². The third-order valence-electron chi connectivity index (χ3n) is 3.84. The molecule has 1 saturated heterocycles. The van der Waals surface area contributed by atoms with Gasteiger partial charge in [0, 0.05) is 38.3 Å². The molecule has 0 bridgehead atoms. The Kier molecular flexibility index (Phi) is 6.52. The molecule has 1 aliphatic rings. The van der Waals surface area contributed by atoms with Gasteiger partial charge in [-0.3, -0.25) is 4.79 Å². The van der Waals surface area contributed by atoms with E-state index < -0.39 is 10.0 Å². The molecule has 1 heterocycles. The number of hydrogen-bond acceptors (Lipinski definition) is 5. The van der Waals surface area contributed by atoms with Crippen LogP contribution in [-0.2, 0) is 10.0 Å². The number of carbonyl (C=O) groups is 1. The molecule has 0 aliphatic carbocycles. The van der Waals surface area contributed by atoms with Crippen molar-refractivity contribution in [1.29, 1.82) is 0 Å². The largest absolute Gasteiger partial charge is 0.352 e. The second kappa shape index (κ2) is 8.39. The zero-order valence-electron chi connectivity index (χ0n) is 13.3. The normalized spacial score (nSPS) is 16.2. The van der Waals surface area contributed by atoms with E-state index in [4.69, 9.17) is 0 Å². The van der Waals surface area contributed by atoms with E-state index in [2.05, 4.69) is 20.3 Å². The molecule has 8 heteroatoms. The van der Waals surface area contributed by atoms with E-state index in [9.17, 15) is 13.2 Å². The summed E-state index contributed by atoms with van der Waals surface area (Å²) in [5, 5.41) is 6.17. The fourth-order valence-electron chi connectivity index (χ4n) is 2.44. The zero-order valence-corrected chi connectivity index (χ0v) is 14.2. The Hall–Kier alpha value is -1.48. The maximum atomic E-state index is 12.0. The highest BCUT2D eigenvalue weighted by molar-refractivity contribution is 7.89. The van der Waals surface area contributed by atoms with Gasteiger partial charge in [-0.1, -0.05) is 0 Å². The van der Waals surface area contributed by atoms with Crippen LogP contribution in [0.4, 0.5) is 0 Å². The summed E-state index contributed by atoms with van der Waals surface area (Å²) < 4.78 is 25.5. The van der Waals surface area contributed by atoms with Gasteiger partial charge in [0.1, 0.15) is 0 Å². The van der Waals surface area contributed by atoms with Crippen LogP contribution in [0.15, 0.2) is 29.2 Å². The van der Waals surface area contributed by atoms with E-state index in [1.165, 1.54) is 31.3 Å². The molecule has 1 aromatic carbocycles. The number of nitrogens with one attached hydrogen (secondary N) is 3. The second-order valence-corrected chi connectivity index (χ2v) is 7.32. The molecule has 0 unspecified atom stereocenters. The molecule has 2 rings (SSSR count). The quantitative estimate of drug-likeness (QED) is 0.589. The highest BCUT2D eigenvalue weighted by Crippen LogP contribution is 2.10. The van der Waals surface area contributed by atoms with Crippen LogP contribution in [0.2, 0.25) is 0 Å². The molecule has 7 nitrogen and oxygen atoms in total. The van der Waals surface area contributed by atoms with Crippen molar-refractivity contribution in [2.45, 2.75) is 11.3 Å². The first kappa shape index (κ1) is 17.9. The van der Waals surface area contributed by atoms with Crippen LogP contribution in [0, 0.1) is 0 Å². The Labute approximate surface area is 137 Å². The van der Waals surface area contributed by atoms with E-state index in [1.807, 2.05) is 0 Å². The standard InChI is InChI=1S/C15H24N4O3S/c1-16-23(21,22)14-5-3-13(4-6-14)15(20)18-7-2-10-19-11-8-17-9-12-19/h3-6,16-17H,2,7-12H2,1H3,(H,18,20). The van der Waals surface area contributed by atoms with Crippen molar-refractivity contribution in [3.63, 3.8) is 0 Å². The van der Waals surface area contributed by atoms with E-state index >= 15 is 0 Å². The predicted octanol–water partition coefficient (Wildman–Crippen LogP) is -0.380. The van der Waals surface area contributed by atoms with Crippen molar-refractivity contribution in [3.8, 4) is 0 Å². The molecule has 23 heavy (non-hydrogen) atoms. The minimum absolute atomic E-state index is 0.148. The molecule has 1 amide bonds. The summed E-state index contributed by atoms with van der Waals surface area (Å²) in [4.78, 5) is 14.5. The number of hydrogen-bond donors (Lipinski definition) is 3. The minimum atomic E-state index is -3.47. The van der Waals surface area contributed by atoms with E-state index in [0.717, 1.165) is 39.1 Å². The van der Waals surface area contributed by atoms with Crippen LogP contribution < -0.4 is 15.4 Å². The topological polar surface area (TPSA) is 90.5 Å². The van der Waals surface area contributed by atoms with Crippen LogP contribution in [0.25, 0.3) is 0 Å². The number of rotatable bonds is 7. The third-order valence-corrected chi connectivity index (χ3v) is 5.27. The lowest BCUT2D eigenvalue weighted by atomic mass is 10.2. The number of piperazine rings is 1. The molecule has 128 valence electrons. The van der Waals surface area contributed by atoms with Crippen molar-refractivity contribution in [2.24, 2.45) is 0 Å². The predicted molar refractivity (Wildman–Crippen MR) is 88.9 cm³/mol. The molecular formula is C15H24N4O3S. The summed E-state index contributed by atoms with van der Waals surface area (Å²) in [6, 6.07) is 5.91.